The highest BCUT2D eigenvalue weighted by molar-refractivity contribution is 5.94. The summed E-state index contributed by atoms with van der Waals surface area (Å²) in [6, 6.07) is 3.63. The van der Waals surface area contributed by atoms with Crippen LogP contribution < -0.4 is 5.32 Å². The molecule has 0 aliphatic heterocycles. The molecule has 0 unspecified atom stereocenters. The van der Waals surface area contributed by atoms with E-state index in [0.29, 0.717) is 17.3 Å². The van der Waals surface area contributed by atoms with Crippen molar-refractivity contribution < 1.29 is 9.90 Å². The molecule has 0 saturated heterocycles. The van der Waals surface area contributed by atoms with Gasteiger partial charge < -0.3 is 10.4 Å². The Morgan fingerprint density at radius 2 is 2.06 bits per heavy atom. The quantitative estimate of drug-likeness (QED) is 0.804. The predicted molar refractivity (Wildman–Crippen MR) is 69.1 cm³/mol. The number of hydrogen-bond donors (Lipinski definition) is 2. The largest absolute Gasteiger partial charge is 0.390 e. The van der Waals surface area contributed by atoms with Gasteiger partial charge in [-0.25, -0.2) is 0 Å². The molecule has 18 heavy (non-hydrogen) atoms. The van der Waals surface area contributed by atoms with E-state index in [0.717, 1.165) is 12.8 Å². The summed E-state index contributed by atoms with van der Waals surface area (Å²) in [4.78, 5) is 16.0. The summed E-state index contributed by atoms with van der Waals surface area (Å²) in [5, 5.41) is 12.1. The van der Waals surface area contributed by atoms with E-state index in [1.807, 2.05) is 0 Å². The van der Waals surface area contributed by atoms with E-state index in [9.17, 15) is 4.79 Å². The number of nitrogens with one attached hydrogen (secondary N) is 1. The van der Waals surface area contributed by atoms with Crippen molar-refractivity contribution in [1.29, 1.82) is 0 Å². The fourth-order valence-corrected chi connectivity index (χ4v) is 2.40. The van der Waals surface area contributed by atoms with Gasteiger partial charge in [-0.1, -0.05) is 25.7 Å². The van der Waals surface area contributed by atoms with E-state index in [1.54, 1.807) is 18.3 Å². The molecule has 1 fully saturated rings. The number of nitrogens with zero attached hydrogens (tertiary/aromatic N) is 1. The van der Waals surface area contributed by atoms with Gasteiger partial charge in [0.2, 0.25) is 0 Å². The summed E-state index contributed by atoms with van der Waals surface area (Å²) in [5.74, 6) is -0.0565. The monoisotopic (exact) mass is 248 g/mol. The number of carbonyl (C=O) groups is 1. The van der Waals surface area contributed by atoms with E-state index in [1.165, 1.54) is 25.7 Å². The third kappa shape index (κ3) is 3.53. The van der Waals surface area contributed by atoms with Gasteiger partial charge in [-0.2, -0.15) is 0 Å². The molecule has 0 radical (unpaired) electrons. The number of aliphatic hydroxyl groups excluding tert-OH is 1. The van der Waals surface area contributed by atoms with E-state index < -0.39 is 0 Å². The molecule has 1 aromatic heterocycles. The van der Waals surface area contributed by atoms with Crippen LogP contribution in [0.4, 0.5) is 0 Å². The van der Waals surface area contributed by atoms with Gasteiger partial charge in [-0.15, -0.1) is 0 Å². The van der Waals surface area contributed by atoms with Gasteiger partial charge in [0.15, 0.2) is 0 Å². The van der Waals surface area contributed by atoms with Crippen molar-refractivity contribution in [2.75, 3.05) is 0 Å². The Bertz CT molecular complexity index is 399. The number of amides is 1. The van der Waals surface area contributed by atoms with Crippen molar-refractivity contribution >= 4 is 5.91 Å². The molecule has 4 heteroatoms. The lowest BCUT2D eigenvalue weighted by molar-refractivity contribution is 0.0933. The SMILES string of the molecule is O=C(NC1CCCCCC1)c1ccnc(CO)c1. The number of aromatic nitrogens is 1. The Balaban J connectivity index is 1.97. The van der Waals surface area contributed by atoms with E-state index >= 15 is 0 Å². The van der Waals surface area contributed by atoms with Crippen molar-refractivity contribution in [3.63, 3.8) is 0 Å². The maximum Gasteiger partial charge on any atom is 0.251 e. The molecule has 2 N–H and O–H groups in total. The average Bonchev–Trinajstić information content (AvgIpc) is 2.67. The van der Waals surface area contributed by atoms with Crippen LogP contribution >= 0.6 is 0 Å². The summed E-state index contributed by atoms with van der Waals surface area (Å²) in [6.45, 7) is -0.134. The summed E-state index contributed by atoms with van der Waals surface area (Å²) >= 11 is 0. The lowest BCUT2D eigenvalue weighted by Gasteiger charge is -2.16. The first-order chi connectivity index (χ1) is 8.79. The fourth-order valence-electron chi connectivity index (χ4n) is 2.40. The maximum absolute atomic E-state index is 12.1. The lowest BCUT2D eigenvalue weighted by Crippen LogP contribution is -2.34. The number of rotatable bonds is 3. The molecule has 2 rings (SSSR count). The van der Waals surface area contributed by atoms with Gasteiger partial charge in [-0.05, 0) is 25.0 Å². The molecule has 1 aromatic rings. The Hall–Kier alpha value is -1.42. The number of carbonyl (C=O) groups excluding carboxylic acids is 1. The van der Waals surface area contributed by atoms with Crippen LogP contribution in [-0.4, -0.2) is 22.0 Å². The second kappa shape index (κ2) is 6.50. The Morgan fingerprint density at radius 1 is 1.33 bits per heavy atom. The van der Waals surface area contributed by atoms with Gasteiger partial charge in [0.25, 0.3) is 5.91 Å². The standard InChI is InChI=1S/C14H20N2O2/c17-10-13-9-11(7-8-15-13)14(18)16-12-5-3-1-2-4-6-12/h7-9,12,17H,1-6,10H2,(H,16,18). The van der Waals surface area contributed by atoms with Crippen LogP contribution in [0.2, 0.25) is 0 Å². The zero-order valence-electron chi connectivity index (χ0n) is 10.6. The zero-order chi connectivity index (χ0) is 12.8. The molecule has 0 bridgehead atoms. The van der Waals surface area contributed by atoms with Crippen LogP contribution in [0.25, 0.3) is 0 Å². The molecule has 0 atom stereocenters. The second-order valence-electron chi connectivity index (χ2n) is 4.86. The molecular formula is C14H20N2O2. The van der Waals surface area contributed by atoms with Crippen LogP contribution in [-0.2, 0) is 6.61 Å². The molecule has 1 aliphatic rings. The summed E-state index contributed by atoms with van der Waals surface area (Å²) in [7, 11) is 0. The topological polar surface area (TPSA) is 62.2 Å². The smallest absolute Gasteiger partial charge is 0.251 e. The molecule has 1 amide bonds. The molecule has 0 aromatic carbocycles. The molecule has 0 spiro atoms. The van der Waals surface area contributed by atoms with Gasteiger partial charge in [0.1, 0.15) is 0 Å². The van der Waals surface area contributed by atoms with E-state index in [2.05, 4.69) is 10.3 Å². The van der Waals surface area contributed by atoms with E-state index in [-0.39, 0.29) is 12.5 Å². The van der Waals surface area contributed by atoms with Gasteiger partial charge in [0.05, 0.1) is 12.3 Å². The number of aliphatic hydroxyl groups is 1. The van der Waals surface area contributed by atoms with Crippen LogP contribution in [0.3, 0.4) is 0 Å². The lowest BCUT2D eigenvalue weighted by atomic mass is 10.1. The predicted octanol–water partition coefficient (Wildman–Crippen LogP) is 2.03. The van der Waals surface area contributed by atoms with Crippen molar-refractivity contribution in [1.82, 2.24) is 10.3 Å². The third-order valence-corrected chi connectivity index (χ3v) is 3.43. The minimum atomic E-state index is -0.134. The van der Waals surface area contributed by atoms with Crippen molar-refractivity contribution in [3.05, 3.63) is 29.6 Å². The molecule has 98 valence electrons. The van der Waals surface area contributed by atoms with Crippen molar-refractivity contribution in [2.24, 2.45) is 0 Å². The molecular weight excluding hydrogens is 228 g/mol. The first kappa shape index (κ1) is 13.0. The van der Waals surface area contributed by atoms with Crippen molar-refractivity contribution in [2.45, 2.75) is 51.2 Å². The highest BCUT2D eigenvalue weighted by Crippen LogP contribution is 2.17. The molecule has 1 heterocycles. The minimum Gasteiger partial charge on any atom is -0.390 e. The van der Waals surface area contributed by atoms with Crippen LogP contribution in [0.5, 0.6) is 0 Å². The van der Waals surface area contributed by atoms with E-state index in [4.69, 9.17) is 5.11 Å². The second-order valence-corrected chi connectivity index (χ2v) is 4.86. The Morgan fingerprint density at radius 3 is 2.72 bits per heavy atom. The van der Waals surface area contributed by atoms with Gasteiger partial charge >= 0.3 is 0 Å². The fraction of sp³-hybridized carbons (Fsp3) is 0.571. The third-order valence-electron chi connectivity index (χ3n) is 3.43. The summed E-state index contributed by atoms with van der Waals surface area (Å²) < 4.78 is 0. The van der Waals surface area contributed by atoms with Gasteiger partial charge in [-0.3, -0.25) is 9.78 Å². The maximum atomic E-state index is 12.1. The number of pyridine rings is 1. The molecule has 1 aliphatic carbocycles. The Labute approximate surface area is 107 Å². The Kier molecular flexibility index (Phi) is 4.70. The first-order valence-corrected chi connectivity index (χ1v) is 6.66. The zero-order valence-corrected chi connectivity index (χ0v) is 10.6. The van der Waals surface area contributed by atoms with Gasteiger partial charge in [0, 0.05) is 17.8 Å². The summed E-state index contributed by atoms with van der Waals surface area (Å²) in [6.07, 6.45) is 8.65. The van der Waals surface area contributed by atoms with Crippen LogP contribution in [0.15, 0.2) is 18.3 Å². The van der Waals surface area contributed by atoms with Crippen LogP contribution in [0.1, 0.15) is 54.6 Å². The normalized spacial score (nSPS) is 17.2. The highest BCUT2D eigenvalue weighted by Gasteiger charge is 2.15. The first-order valence-electron chi connectivity index (χ1n) is 6.66. The highest BCUT2D eigenvalue weighted by atomic mass is 16.3. The van der Waals surface area contributed by atoms with Crippen molar-refractivity contribution in [3.8, 4) is 0 Å². The molecule has 4 nitrogen and oxygen atoms in total. The minimum absolute atomic E-state index is 0.0565. The average molecular weight is 248 g/mol. The number of hydrogen-bond acceptors (Lipinski definition) is 3. The van der Waals surface area contributed by atoms with Crippen LogP contribution in [0, 0.1) is 0 Å². The summed E-state index contributed by atoms with van der Waals surface area (Å²) in [5.41, 5.74) is 1.11. The molecule has 1 saturated carbocycles.